The maximum absolute atomic E-state index is 13.6. The van der Waals surface area contributed by atoms with Gasteiger partial charge in [-0.3, -0.25) is 0 Å². The van der Waals surface area contributed by atoms with Crippen molar-refractivity contribution < 1.29 is 19.0 Å². The van der Waals surface area contributed by atoms with Crippen LogP contribution in [0.5, 0.6) is 23.1 Å². The first kappa shape index (κ1) is 23.9. The van der Waals surface area contributed by atoms with Crippen molar-refractivity contribution >= 4 is 16.6 Å². The second kappa shape index (κ2) is 8.94. The molecule has 0 radical (unpaired) electrons. The van der Waals surface area contributed by atoms with Gasteiger partial charge in [0, 0.05) is 5.56 Å². The van der Waals surface area contributed by atoms with E-state index in [0.717, 1.165) is 5.56 Å². The predicted molar refractivity (Wildman–Crippen MR) is 148 cm³/mol. The zero-order chi connectivity index (χ0) is 27.5. The summed E-state index contributed by atoms with van der Waals surface area (Å²) in [6, 6.07) is 20.4. The molecule has 9 nitrogen and oxygen atoms in total. The van der Waals surface area contributed by atoms with Crippen molar-refractivity contribution in [3.05, 3.63) is 106 Å². The highest BCUT2D eigenvalue weighted by molar-refractivity contribution is 5.87. The van der Waals surface area contributed by atoms with Gasteiger partial charge in [0.25, 0.3) is 0 Å². The largest absolute Gasteiger partial charge is 0.504 e. The fourth-order valence-electron chi connectivity index (χ4n) is 5.29. The minimum Gasteiger partial charge on any atom is -0.504 e. The van der Waals surface area contributed by atoms with E-state index in [9.17, 15) is 9.90 Å². The van der Waals surface area contributed by atoms with Crippen LogP contribution in [-0.4, -0.2) is 31.8 Å². The van der Waals surface area contributed by atoms with Gasteiger partial charge in [-0.25, -0.2) is 19.3 Å². The van der Waals surface area contributed by atoms with E-state index in [1.807, 2.05) is 30.3 Å². The number of aromatic nitrogens is 4. The van der Waals surface area contributed by atoms with E-state index in [1.54, 1.807) is 28.8 Å². The Morgan fingerprint density at radius 1 is 1.02 bits per heavy atom. The lowest BCUT2D eigenvalue weighted by molar-refractivity contribution is 0.373. The van der Waals surface area contributed by atoms with Gasteiger partial charge >= 0.3 is 5.63 Å². The third-order valence-electron chi connectivity index (χ3n) is 7.34. The van der Waals surface area contributed by atoms with Crippen LogP contribution in [0.3, 0.4) is 0 Å². The van der Waals surface area contributed by atoms with Crippen molar-refractivity contribution in [2.24, 2.45) is 0 Å². The minimum absolute atomic E-state index is 0.0242. The average Bonchev–Trinajstić information content (AvgIpc) is 3.41. The first-order valence-corrected chi connectivity index (χ1v) is 12.9. The van der Waals surface area contributed by atoms with E-state index < -0.39 is 11.5 Å². The lowest BCUT2D eigenvalue weighted by Crippen LogP contribution is -2.22. The molecule has 1 unspecified atom stereocenters. The van der Waals surface area contributed by atoms with Crippen LogP contribution in [0, 0.1) is 0 Å². The molecule has 1 N–H and O–H groups in total. The number of hydrogen-bond donors (Lipinski definition) is 1. The van der Waals surface area contributed by atoms with E-state index in [-0.39, 0.29) is 5.75 Å². The van der Waals surface area contributed by atoms with E-state index in [2.05, 4.69) is 36.1 Å². The Kier molecular flexibility index (Phi) is 5.34. The molecular formula is C31H24N4O5. The topological polar surface area (TPSA) is 112 Å². The van der Waals surface area contributed by atoms with Crippen molar-refractivity contribution in [1.82, 2.24) is 19.6 Å². The van der Waals surface area contributed by atoms with Gasteiger partial charge in [0.2, 0.25) is 5.88 Å². The molecule has 1 aliphatic rings. The number of rotatable bonds is 4. The third-order valence-corrected chi connectivity index (χ3v) is 7.34. The highest BCUT2D eigenvalue weighted by Crippen LogP contribution is 2.49. The Morgan fingerprint density at radius 3 is 2.58 bits per heavy atom. The Morgan fingerprint density at radius 2 is 1.82 bits per heavy atom. The first-order valence-electron chi connectivity index (χ1n) is 12.9. The number of phenolic OH excluding ortho intramolecular Hbond substituents is 1. The van der Waals surface area contributed by atoms with Crippen molar-refractivity contribution in [2.45, 2.75) is 25.7 Å². The fraction of sp³-hybridized carbons (Fsp3) is 0.161. The second-order valence-electron chi connectivity index (χ2n) is 10.0. The normalized spacial score (nSPS) is 14.2. The quantitative estimate of drug-likeness (QED) is 0.274. The zero-order valence-electron chi connectivity index (χ0n) is 22.0. The van der Waals surface area contributed by atoms with Crippen LogP contribution in [-0.2, 0) is 0 Å². The Bertz CT molecular complexity index is 1990. The van der Waals surface area contributed by atoms with Crippen LogP contribution in [0.4, 0.5) is 0 Å². The van der Waals surface area contributed by atoms with E-state index in [4.69, 9.17) is 18.9 Å². The standard InChI is InChI=1S/C31H24N4O5/c1-16(2)17-8-10-18(11-9-17)24-25-27(20-6-4-5-7-22(20)39-31(25)37)40-30-26(24)29-33-28(34-35(29)15-32-30)19-12-13-23(38-3)21(36)14-19/h4-16,24,36H,1-3H3. The summed E-state index contributed by atoms with van der Waals surface area (Å²) in [6.45, 7) is 4.27. The zero-order valence-corrected chi connectivity index (χ0v) is 22.0. The van der Waals surface area contributed by atoms with Gasteiger partial charge in [-0.15, -0.1) is 5.10 Å². The molecule has 0 fully saturated rings. The number of ether oxygens (including phenoxy) is 2. The van der Waals surface area contributed by atoms with Gasteiger partial charge in [-0.1, -0.05) is 50.2 Å². The number of nitrogens with zero attached hydrogens (tertiary/aromatic N) is 4. The molecule has 0 bridgehead atoms. The average molecular weight is 533 g/mol. The smallest absolute Gasteiger partial charge is 0.344 e. The van der Waals surface area contributed by atoms with E-state index in [1.165, 1.54) is 19.0 Å². The van der Waals surface area contributed by atoms with Gasteiger partial charge in [0.1, 0.15) is 11.9 Å². The molecule has 7 rings (SSSR count). The van der Waals surface area contributed by atoms with Crippen molar-refractivity contribution in [3.63, 3.8) is 0 Å². The molecule has 198 valence electrons. The summed E-state index contributed by atoms with van der Waals surface area (Å²) in [5, 5.41) is 15.6. The van der Waals surface area contributed by atoms with Gasteiger partial charge in [-0.2, -0.15) is 0 Å². The summed E-state index contributed by atoms with van der Waals surface area (Å²) in [5.74, 6) is 1.24. The monoisotopic (exact) mass is 532 g/mol. The van der Waals surface area contributed by atoms with Gasteiger partial charge in [-0.05, 0) is 47.4 Å². The highest BCUT2D eigenvalue weighted by Gasteiger charge is 2.37. The molecule has 3 aromatic heterocycles. The summed E-state index contributed by atoms with van der Waals surface area (Å²) in [5.41, 5.74) is 4.06. The van der Waals surface area contributed by atoms with E-state index in [0.29, 0.717) is 62.4 Å². The highest BCUT2D eigenvalue weighted by atomic mass is 16.5. The van der Waals surface area contributed by atoms with Crippen LogP contribution < -0.4 is 15.1 Å². The summed E-state index contributed by atoms with van der Waals surface area (Å²) < 4.78 is 18.8. The van der Waals surface area contributed by atoms with E-state index >= 15 is 0 Å². The van der Waals surface area contributed by atoms with Crippen molar-refractivity contribution in [3.8, 4) is 34.5 Å². The molecule has 0 amide bonds. The number of benzene rings is 3. The molecule has 4 heterocycles. The van der Waals surface area contributed by atoms with Crippen LogP contribution in [0.25, 0.3) is 28.0 Å². The number of hydrogen-bond acceptors (Lipinski definition) is 8. The maximum Gasteiger partial charge on any atom is 0.344 e. The summed E-state index contributed by atoms with van der Waals surface area (Å²) in [4.78, 5) is 23.0. The summed E-state index contributed by atoms with van der Waals surface area (Å²) in [6.07, 6.45) is 1.53. The number of aromatic hydroxyl groups is 1. The molecule has 0 aliphatic carbocycles. The molecule has 0 saturated heterocycles. The lowest BCUT2D eigenvalue weighted by Gasteiger charge is -2.27. The van der Waals surface area contributed by atoms with Crippen LogP contribution in [0.15, 0.2) is 82.3 Å². The molecule has 1 atom stereocenters. The molecular weight excluding hydrogens is 508 g/mol. The molecule has 9 heteroatoms. The number of methoxy groups -OCH3 is 1. The Labute approximate surface area is 228 Å². The maximum atomic E-state index is 13.6. The third kappa shape index (κ3) is 3.62. The SMILES string of the molecule is COc1ccc(-c2nc3c4c(ncn3n2)Oc2c(c(=O)oc3ccccc23)C4c2ccc(C(C)C)cc2)cc1O. The Balaban J connectivity index is 1.49. The van der Waals surface area contributed by atoms with Crippen molar-refractivity contribution in [2.75, 3.05) is 7.11 Å². The van der Waals surface area contributed by atoms with Crippen molar-refractivity contribution in [1.29, 1.82) is 0 Å². The molecule has 0 saturated carbocycles. The van der Waals surface area contributed by atoms with Crippen LogP contribution in [0.2, 0.25) is 0 Å². The van der Waals surface area contributed by atoms with Gasteiger partial charge < -0.3 is 19.0 Å². The molecule has 40 heavy (non-hydrogen) atoms. The van der Waals surface area contributed by atoms with Crippen LogP contribution in [0.1, 0.15) is 47.9 Å². The second-order valence-corrected chi connectivity index (χ2v) is 10.0. The molecule has 6 aromatic rings. The lowest BCUT2D eigenvalue weighted by atomic mass is 9.83. The fourth-order valence-corrected chi connectivity index (χ4v) is 5.29. The summed E-state index contributed by atoms with van der Waals surface area (Å²) in [7, 11) is 1.49. The first-order chi connectivity index (χ1) is 19.4. The van der Waals surface area contributed by atoms with Gasteiger partial charge in [0.05, 0.1) is 29.5 Å². The number of fused-ring (bicyclic) bond motifs is 6. The minimum atomic E-state index is -0.571. The number of para-hydroxylation sites is 1. The molecule has 0 spiro atoms. The Hall–Kier alpha value is -5.18. The molecule has 1 aliphatic heterocycles. The molecule has 3 aromatic carbocycles. The van der Waals surface area contributed by atoms with Crippen LogP contribution >= 0.6 is 0 Å². The predicted octanol–water partition coefficient (Wildman–Crippen LogP) is 6.02. The number of phenols is 1. The summed E-state index contributed by atoms with van der Waals surface area (Å²) >= 11 is 0. The van der Waals surface area contributed by atoms with Gasteiger partial charge in [0.15, 0.2) is 28.7 Å².